The fourth-order valence-corrected chi connectivity index (χ4v) is 4.44. The van der Waals surface area contributed by atoms with Crippen molar-refractivity contribution in [2.45, 2.75) is 36.9 Å². The van der Waals surface area contributed by atoms with Crippen LogP contribution in [0.5, 0.6) is 0 Å². The molecule has 0 N–H and O–H groups in total. The Labute approximate surface area is 177 Å². The first-order valence-electron chi connectivity index (χ1n) is 9.16. The van der Waals surface area contributed by atoms with Crippen LogP contribution in [0.15, 0.2) is 82.6 Å². The van der Waals surface area contributed by atoms with Crippen molar-refractivity contribution in [3.05, 3.63) is 95.1 Å². The minimum atomic E-state index is -3.89. The van der Waals surface area contributed by atoms with E-state index in [0.29, 0.717) is 11.1 Å². The van der Waals surface area contributed by atoms with Crippen molar-refractivity contribution in [3.63, 3.8) is 0 Å². The lowest BCUT2D eigenvalue weighted by Gasteiger charge is -2.09. The zero-order valence-corrected chi connectivity index (χ0v) is 18.2. The van der Waals surface area contributed by atoms with Crippen LogP contribution in [0.1, 0.15) is 22.3 Å². The van der Waals surface area contributed by atoms with Crippen molar-refractivity contribution < 1.29 is 25.2 Å². The fraction of sp³-hybridized carbons (Fsp3) is 0.182. The quantitative estimate of drug-likeness (QED) is 0.484. The number of benzene rings is 3. The second kappa shape index (κ2) is 9.09. The summed E-state index contributed by atoms with van der Waals surface area (Å²) in [4.78, 5) is 0.161. The molecule has 0 saturated heterocycles. The van der Waals surface area contributed by atoms with Gasteiger partial charge in [-0.3, -0.25) is 8.37 Å². The predicted molar refractivity (Wildman–Crippen MR) is 113 cm³/mol. The Kier molecular flexibility index (Phi) is 6.72. The summed E-state index contributed by atoms with van der Waals surface area (Å²) in [6, 6.07) is 19.5. The zero-order valence-electron chi connectivity index (χ0n) is 16.6. The normalized spacial score (nSPS) is 12.1. The number of rotatable bonds is 8. The van der Waals surface area contributed by atoms with Crippen LogP contribution in [0.4, 0.5) is 0 Å². The van der Waals surface area contributed by atoms with Gasteiger partial charge in [-0.25, -0.2) is 0 Å². The van der Waals surface area contributed by atoms with Crippen molar-refractivity contribution in [2.24, 2.45) is 0 Å². The number of hydrogen-bond donors (Lipinski definition) is 0. The third kappa shape index (κ3) is 5.76. The summed E-state index contributed by atoms with van der Waals surface area (Å²) in [6.07, 6.45) is 0. The van der Waals surface area contributed by atoms with Crippen molar-refractivity contribution >= 4 is 20.2 Å². The summed E-state index contributed by atoms with van der Waals surface area (Å²) in [6.45, 7) is 3.39. The SMILES string of the molecule is Cc1ccc(S(=O)(=O)OCc2cccc(COS(=O)(=O)c3ccc(C)cc3)c2)cc1. The standard InChI is InChI=1S/C22H22O6S2/c1-17-6-10-21(11-7-17)29(23,24)27-15-19-4-3-5-20(14-19)16-28-30(25,26)22-12-8-18(2)9-13-22/h3-14H,15-16H2,1-2H3. The summed E-state index contributed by atoms with van der Waals surface area (Å²) in [7, 11) is -7.78. The minimum Gasteiger partial charge on any atom is -0.262 e. The molecule has 0 heterocycles. The van der Waals surface area contributed by atoms with Crippen LogP contribution < -0.4 is 0 Å². The fourth-order valence-electron chi connectivity index (χ4n) is 2.65. The topological polar surface area (TPSA) is 86.7 Å². The third-order valence-electron chi connectivity index (χ3n) is 4.37. The first-order valence-corrected chi connectivity index (χ1v) is 12.0. The van der Waals surface area contributed by atoms with Crippen LogP contribution >= 0.6 is 0 Å². The molecule has 0 aromatic heterocycles. The first kappa shape index (κ1) is 22.2. The van der Waals surface area contributed by atoms with E-state index in [1.165, 1.54) is 24.3 Å². The van der Waals surface area contributed by atoms with Gasteiger partial charge in [0.15, 0.2) is 0 Å². The molecule has 0 atom stereocenters. The maximum Gasteiger partial charge on any atom is 0.297 e. The predicted octanol–water partition coefficient (Wildman–Crippen LogP) is 4.11. The smallest absolute Gasteiger partial charge is 0.262 e. The van der Waals surface area contributed by atoms with Gasteiger partial charge in [0.05, 0.1) is 23.0 Å². The van der Waals surface area contributed by atoms with Gasteiger partial charge < -0.3 is 0 Å². The van der Waals surface area contributed by atoms with Crippen LogP contribution in [-0.2, 0) is 41.8 Å². The second-order valence-electron chi connectivity index (χ2n) is 6.88. The summed E-state index contributed by atoms with van der Waals surface area (Å²) >= 11 is 0. The van der Waals surface area contributed by atoms with E-state index in [4.69, 9.17) is 8.37 Å². The molecule has 0 aliphatic carbocycles. The maximum absolute atomic E-state index is 12.3. The van der Waals surface area contributed by atoms with Gasteiger partial charge >= 0.3 is 0 Å². The highest BCUT2D eigenvalue weighted by molar-refractivity contribution is 7.87. The second-order valence-corrected chi connectivity index (χ2v) is 10.1. The monoisotopic (exact) mass is 446 g/mol. The molecule has 0 amide bonds. The molecule has 3 rings (SSSR count). The Morgan fingerprint density at radius 3 is 1.33 bits per heavy atom. The molecule has 158 valence electrons. The van der Waals surface area contributed by atoms with E-state index in [9.17, 15) is 16.8 Å². The molecule has 0 aliphatic heterocycles. The van der Waals surface area contributed by atoms with Crippen molar-refractivity contribution in [2.75, 3.05) is 0 Å². The molecule has 0 unspecified atom stereocenters. The Morgan fingerprint density at radius 1 is 0.600 bits per heavy atom. The van der Waals surface area contributed by atoms with Gasteiger partial charge in [0.25, 0.3) is 20.2 Å². The van der Waals surface area contributed by atoms with Crippen LogP contribution in [0.25, 0.3) is 0 Å². The highest BCUT2D eigenvalue weighted by atomic mass is 32.2. The first-order chi connectivity index (χ1) is 14.2. The van der Waals surface area contributed by atoms with Gasteiger partial charge in [0, 0.05) is 0 Å². The molecule has 8 heteroatoms. The molecule has 0 bridgehead atoms. The third-order valence-corrected chi connectivity index (χ3v) is 6.93. The lowest BCUT2D eigenvalue weighted by molar-refractivity contribution is 0.303. The highest BCUT2D eigenvalue weighted by Crippen LogP contribution is 2.18. The average molecular weight is 447 g/mol. The largest absolute Gasteiger partial charge is 0.297 e. The Bertz CT molecular complexity index is 1120. The van der Waals surface area contributed by atoms with E-state index in [1.54, 1.807) is 48.5 Å². The molecular formula is C22H22O6S2. The van der Waals surface area contributed by atoms with E-state index in [1.807, 2.05) is 13.8 Å². The van der Waals surface area contributed by atoms with E-state index < -0.39 is 20.2 Å². The maximum atomic E-state index is 12.3. The molecule has 6 nitrogen and oxygen atoms in total. The molecule has 0 spiro atoms. The van der Waals surface area contributed by atoms with Gasteiger partial charge in [0.1, 0.15) is 0 Å². The molecule has 3 aromatic carbocycles. The highest BCUT2D eigenvalue weighted by Gasteiger charge is 2.17. The van der Waals surface area contributed by atoms with Crippen LogP contribution in [0.3, 0.4) is 0 Å². The summed E-state index contributed by atoms with van der Waals surface area (Å²) in [5, 5.41) is 0. The van der Waals surface area contributed by atoms with Crippen LogP contribution in [0, 0.1) is 13.8 Å². The Hall–Kier alpha value is -2.52. The summed E-state index contributed by atoms with van der Waals surface area (Å²) in [5.74, 6) is 0. The lowest BCUT2D eigenvalue weighted by atomic mass is 10.1. The number of hydrogen-bond acceptors (Lipinski definition) is 6. The molecular weight excluding hydrogens is 424 g/mol. The van der Waals surface area contributed by atoms with Crippen molar-refractivity contribution in [1.29, 1.82) is 0 Å². The van der Waals surface area contributed by atoms with Crippen molar-refractivity contribution in [1.82, 2.24) is 0 Å². The van der Waals surface area contributed by atoms with E-state index >= 15 is 0 Å². The molecule has 0 saturated carbocycles. The van der Waals surface area contributed by atoms with Gasteiger partial charge in [-0.2, -0.15) is 16.8 Å². The molecule has 0 fully saturated rings. The van der Waals surface area contributed by atoms with Gasteiger partial charge in [-0.1, -0.05) is 59.7 Å². The molecule has 3 aromatic rings. The Balaban J connectivity index is 1.64. The molecule has 0 aliphatic rings. The van der Waals surface area contributed by atoms with E-state index in [0.717, 1.165) is 11.1 Å². The molecule has 30 heavy (non-hydrogen) atoms. The van der Waals surface area contributed by atoms with E-state index in [-0.39, 0.29) is 23.0 Å². The Morgan fingerprint density at radius 2 is 0.967 bits per heavy atom. The zero-order chi connectivity index (χ0) is 21.8. The van der Waals surface area contributed by atoms with Crippen LogP contribution in [0.2, 0.25) is 0 Å². The summed E-state index contributed by atoms with van der Waals surface area (Å²) in [5.41, 5.74) is 3.06. The minimum absolute atomic E-state index is 0.0804. The van der Waals surface area contributed by atoms with Gasteiger partial charge in [-0.05, 0) is 49.2 Å². The lowest BCUT2D eigenvalue weighted by Crippen LogP contribution is -2.08. The van der Waals surface area contributed by atoms with Crippen molar-refractivity contribution in [3.8, 4) is 0 Å². The number of aryl methyl sites for hydroxylation is 2. The summed E-state index contributed by atoms with van der Waals surface area (Å²) < 4.78 is 59.5. The van der Waals surface area contributed by atoms with Gasteiger partial charge in [-0.15, -0.1) is 0 Å². The van der Waals surface area contributed by atoms with E-state index in [2.05, 4.69) is 0 Å². The van der Waals surface area contributed by atoms with Crippen LogP contribution in [-0.4, -0.2) is 16.8 Å². The average Bonchev–Trinajstić information content (AvgIpc) is 2.72. The van der Waals surface area contributed by atoms with Gasteiger partial charge in [0.2, 0.25) is 0 Å². The molecule has 0 radical (unpaired) electrons.